The molecule has 3 heterocycles. The second-order valence-electron chi connectivity index (χ2n) is 17.2. The summed E-state index contributed by atoms with van der Waals surface area (Å²) in [6.45, 7) is 0. The van der Waals surface area contributed by atoms with Gasteiger partial charge in [-0.2, -0.15) is 18.2 Å². The molecule has 344 valence electrons. The first kappa shape index (κ1) is 44.7. The highest BCUT2D eigenvalue weighted by Gasteiger charge is 2.71. The number of allylic oxidation sites excluding steroid dienone is 2. The van der Waals surface area contributed by atoms with Crippen molar-refractivity contribution in [3.05, 3.63) is 165 Å². The van der Waals surface area contributed by atoms with E-state index in [4.69, 9.17) is 32.7 Å². The predicted molar refractivity (Wildman–Crippen MR) is 250 cm³/mol. The van der Waals surface area contributed by atoms with E-state index in [9.17, 15) is 27.9 Å². The molecule has 2 aliphatic heterocycles. The van der Waals surface area contributed by atoms with Crippen LogP contribution in [0.1, 0.15) is 46.6 Å². The van der Waals surface area contributed by atoms with Gasteiger partial charge in [-0.25, -0.2) is 4.98 Å². The second-order valence-corrected chi connectivity index (χ2v) is 18.0. The summed E-state index contributed by atoms with van der Waals surface area (Å²) in [5.41, 5.74) is 2.78. The van der Waals surface area contributed by atoms with E-state index in [1.54, 1.807) is 99.1 Å². The van der Waals surface area contributed by atoms with Gasteiger partial charge in [0.15, 0.2) is 5.82 Å². The average molecular weight is 960 g/mol. The lowest BCUT2D eigenvalue weighted by atomic mass is 9.49. The van der Waals surface area contributed by atoms with Gasteiger partial charge in [0, 0.05) is 33.7 Å². The third-order valence-corrected chi connectivity index (χ3v) is 14.4. The Morgan fingerprint density at radius 3 is 2.29 bits per heavy atom. The summed E-state index contributed by atoms with van der Waals surface area (Å²) in [5.74, 6) is -6.69. The van der Waals surface area contributed by atoms with Crippen LogP contribution in [0.2, 0.25) is 10.0 Å². The molecule has 2 N–H and O–H groups in total. The van der Waals surface area contributed by atoms with Crippen LogP contribution in [0.15, 0.2) is 127 Å². The van der Waals surface area contributed by atoms with Gasteiger partial charge in [0.1, 0.15) is 17.2 Å². The van der Waals surface area contributed by atoms with Gasteiger partial charge in [-0.1, -0.05) is 108 Å². The zero-order valence-corrected chi connectivity index (χ0v) is 37.6. The van der Waals surface area contributed by atoms with Crippen LogP contribution in [-0.2, 0) is 30.8 Å². The number of aromatic hydroxyl groups is 1. The minimum Gasteiger partial charge on any atom is -0.507 e. The van der Waals surface area contributed by atoms with Crippen molar-refractivity contribution in [3.63, 3.8) is 0 Å². The molecule has 11 nitrogen and oxygen atoms in total. The summed E-state index contributed by atoms with van der Waals surface area (Å²) >= 11 is 12.8. The van der Waals surface area contributed by atoms with E-state index in [2.05, 4.69) is 10.4 Å². The molecule has 6 atom stereocenters. The number of carbonyl (C=O) groups excluding carboxylic acids is 4. The molecule has 6 aromatic rings. The van der Waals surface area contributed by atoms with E-state index in [0.29, 0.717) is 56.4 Å². The minimum absolute atomic E-state index is 0.0955. The number of ether oxygens (including phenoxy) is 2. The number of alkyl halides is 3. The SMILES string of the molecule is COc1ccc(OC)c(C=Cc2ccc(N3C(=O)[C@H]4[C@H](CC=C5[C@H]4C[C@H]4C(=O)N(Nc6ncc(C(F)(F)F)cc6Cl)C(=O)[C@@]4(c4ccc(Cl)cc4)[C@H]5c4ccc5ccccc5c4O)C3=O)cc2)c1. The number of benzene rings is 5. The summed E-state index contributed by atoms with van der Waals surface area (Å²) in [5, 5.41) is 14.0. The number of halogens is 5. The lowest BCUT2D eigenvalue weighted by Crippen LogP contribution is -2.53. The summed E-state index contributed by atoms with van der Waals surface area (Å²) in [4.78, 5) is 65.3. The van der Waals surface area contributed by atoms with Crippen molar-refractivity contribution < 1.29 is 46.9 Å². The number of hydrazine groups is 1. The number of hydrogen-bond donors (Lipinski definition) is 2. The molecule has 3 fully saturated rings. The fourth-order valence-corrected chi connectivity index (χ4v) is 11.1. The second kappa shape index (κ2) is 16.9. The van der Waals surface area contributed by atoms with Crippen molar-refractivity contribution in [1.82, 2.24) is 9.99 Å². The van der Waals surface area contributed by atoms with Crippen LogP contribution in [0.5, 0.6) is 17.2 Å². The van der Waals surface area contributed by atoms with Crippen molar-refractivity contribution in [2.24, 2.45) is 23.7 Å². The number of aromatic nitrogens is 1. The monoisotopic (exact) mass is 958 g/mol. The highest BCUT2D eigenvalue weighted by molar-refractivity contribution is 6.33. The van der Waals surface area contributed by atoms with E-state index < -0.39 is 75.4 Å². The first-order valence-electron chi connectivity index (χ1n) is 21.6. The fraction of sp³-hybridized carbons (Fsp3) is 0.212. The van der Waals surface area contributed by atoms with Crippen molar-refractivity contribution in [2.75, 3.05) is 24.5 Å². The molecular formula is C52H39Cl2F3N4O7. The Hall–Kier alpha value is -7.16. The molecule has 0 radical (unpaired) electrons. The molecule has 5 aromatic carbocycles. The minimum atomic E-state index is -4.78. The highest BCUT2D eigenvalue weighted by Crippen LogP contribution is 2.65. The number of phenols is 1. The quantitative estimate of drug-likeness (QED) is 0.0824. The summed E-state index contributed by atoms with van der Waals surface area (Å²) in [7, 11) is 3.15. The van der Waals surface area contributed by atoms with Crippen LogP contribution in [0.3, 0.4) is 0 Å². The molecular weight excluding hydrogens is 920 g/mol. The van der Waals surface area contributed by atoms with E-state index in [1.807, 2.05) is 36.4 Å². The maximum atomic E-state index is 15.6. The highest BCUT2D eigenvalue weighted by atomic mass is 35.5. The first-order valence-corrected chi connectivity index (χ1v) is 22.3. The molecule has 1 aromatic heterocycles. The normalized spacial score (nSPS) is 23.5. The van der Waals surface area contributed by atoms with Crippen LogP contribution < -0.4 is 19.8 Å². The standard InChI is InChI=1S/C52H39Cl2F3N4O7/c1-67-34-18-22-42(68-2)29(23-34)10-7-27-8-16-33(17-9-27)60-47(63)37-21-20-36-39(43(37)49(60)65)25-40-48(64)61(59-46-41(54)24-31(26-58-46)52(55,56)57)50(66)51(40,30-12-14-32(53)15-13-30)44(36)38-19-11-28-5-3-4-6-35(28)45(38)62/h3-20,22-24,26,37,39-40,43-44,62H,21,25H2,1-2H3,(H,58,59)/t37-,39+,40-,43-,44+,51+/m0/s1. The summed E-state index contributed by atoms with van der Waals surface area (Å²) < 4.78 is 51.8. The van der Waals surface area contributed by atoms with Crippen LogP contribution in [0.4, 0.5) is 24.7 Å². The smallest absolute Gasteiger partial charge is 0.417 e. The van der Waals surface area contributed by atoms with Gasteiger partial charge in [0.25, 0.3) is 11.8 Å². The van der Waals surface area contributed by atoms with Gasteiger partial charge < -0.3 is 14.6 Å². The molecule has 4 amide bonds. The Bertz CT molecular complexity index is 3140. The third-order valence-electron chi connectivity index (χ3n) is 13.8. The largest absolute Gasteiger partial charge is 0.507 e. The molecule has 0 unspecified atom stereocenters. The number of nitrogens with zero attached hydrogens (tertiary/aromatic N) is 3. The number of phenolic OH excluding ortho intramolecular Hbond substituents is 1. The van der Waals surface area contributed by atoms with Gasteiger partial charge in [0.2, 0.25) is 11.8 Å². The number of rotatable bonds is 9. The lowest BCUT2D eigenvalue weighted by Gasteiger charge is -2.50. The van der Waals surface area contributed by atoms with E-state index in [1.165, 1.54) is 4.90 Å². The van der Waals surface area contributed by atoms with E-state index in [-0.39, 0.29) is 30.0 Å². The number of methoxy groups -OCH3 is 2. The predicted octanol–water partition coefficient (Wildman–Crippen LogP) is 10.6. The van der Waals surface area contributed by atoms with Gasteiger partial charge in [-0.3, -0.25) is 29.5 Å². The zero-order valence-electron chi connectivity index (χ0n) is 36.1. The van der Waals surface area contributed by atoms with Crippen molar-refractivity contribution in [2.45, 2.75) is 30.4 Å². The van der Waals surface area contributed by atoms with Crippen LogP contribution >= 0.6 is 23.2 Å². The molecule has 68 heavy (non-hydrogen) atoms. The zero-order chi connectivity index (χ0) is 47.8. The molecule has 2 aliphatic carbocycles. The molecule has 1 saturated carbocycles. The Kier molecular flexibility index (Phi) is 11.1. The Morgan fingerprint density at radius 1 is 0.838 bits per heavy atom. The van der Waals surface area contributed by atoms with E-state index in [0.717, 1.165) is 16.1 Å². The van der Waals surface area contributed by atoms with Gasteiger partial charge in [0.05, 0.1) is 53.7 Å². The molecule has 2 saturated heterocycles. The Balaban J connectivity index is 1.07. The number of pyridine rings is 1. The van der Waals surface area contributed by atoms with Gasteiger partial charge in [-0.15, -0.1) is 0 Å². The van der Waals surface area contributed by atoms with Gasteiger partial charge in [-0.05, 0) is 83.8 Å². The average Bonchev–Trinajstić information content (AvgIpc) is 3.72. The van der Waals surface area contributed by atoms with Crippen LogP contribution in [-0.4, -0.2) is 52.9 Å². The van der Waals surface area contributed by atoms with Crippen molar-refractivity contribution in [1.29, 1.82) is 0 Å². The summed E-state index contributed by atoms with van der Waals surface area (Å²) in [6, 6.07) is 30.0. The molecule has 16 heteroatoms. The molecule has 4 aliphatic rings. The first-order chi connectivity index (χ1) is 32.6. The van der Waals surface area contributed by atoms with Crippen molar-refractivity contribution >= 4 is 81.3 Å². The Morgan fingerprint density at radius 2 is 1.59 bits per heavy atom. The van der Waals surface area contributed by atoms with E-state index >= 15 is 9.59 Å². The Labute approximate surface area is 397 Å². The molecule has 0 bridgehead atoms. The lowest BCUT2D eigenvalue weighted by molar-refractivity contribution is -0.139. The molecule has 10 rings (SSSR count). The number of imide groups is 2. The topological polar surface area (TPSA) is 138 Å². The maximum absolute atomic E-state index is 15.6. The number of nitrogens with one attached hydrogen (secondary N) is 1. The van der Waals surface area contributed by atoms with Crippen molar-refractivity contribution in [3.8, 4) is 17.2 Å². The number of hydrogen-bond acceptors (Lipinski definition) is 9. The summed E-state index contributed by atoms with van der Waals surface area (Å²) in [6.07, 6.45) is 1.36. The van der Waals surface area contributed by atoms with Gasteiger partial charge >= 0.3 is 6.18 Å². The number of carbonyl (C=O) groups is 4. The maximum Gasteiger partial charge on any atom is 0.417 e. The molecule has 0 spiro atoms. The number of amides is 4. The van der Waals surface area contributed by atoms with Crippen LogP contribution in [0.25, 0.3) is 22.9 Å². The van der Waals surface area contributed by atoms with Crippen LogP contribution in [0, 0.1) is 23.7 Å². The fourth-order valence-electron chi connectivity index (χ4n) is 10.8. The number of fused-ring (bicyclic) bond motifs is 5. The number of anilines is 2. The third kappa shape index (κ3) is 7.07.